The van der Waals surface area contributed by atoms with E-state index < -0.39 is 23.7 Å². The molecule has 14 heavy (non-hydrogen) atoms. The monoisotopic (exact) mass is 221 g/mol. The number of carboxylic acid groups (broad SMARTS) is 1. The summed E-state index contributed by atoms with van der Waals surface area (Å²) >= 11 is 5.47. The van der Waals surface area contributed by atoms with Crippen LogP contribution < -0.4 is 0 Å². The van der Waals surface area contributed by atoms with Gasteiger partial charge in [0.15, 0.2) is 5.69 Å². The van der Waals surface area contributed by atoms with Crippen molar-refractivity contribution in [1.29, 1.82) is 0 Å². The molecule has 76 valence electrons. The Hall–Kier alpha value is -1.23. The van der Waals surface area contributed by atoms with Crippen molar-refractivity contribution < 1.29 is 18.7 Å². The van der Waals surface area contributed by atoms with Crippen molar-refractivity contribution in [2.24, 2.45) is 0 Å². The Balaban J connectivity index is 3.41. The van der Waals surface area contributed by atoms with Gasteiger partial charge < -0.3 is 5.11 Å². The minimum Gasteiger partial charge on any atom is -0.477 e. The molecule has 0 radical (unpaired) electrons. The van der Waals surface area contributed by atoms with Crippen LogP contribution in [0.5, 0.6) is 0 Å². The first-order valence-corrected chi connectivity index (χ1v) is 3.99. The van der Waals surface area contributed by atoms with Crippen LogP contribution in [-0.4, -0.2) is 16.1 Å². The Morgan fingerprint density at radius 3 is 2.64 bits per heavy atom. The number of carbonyl (C=O) groups is 1. The second-order valence-electron chi connectivity index (χ2n) is 2.60. The molecule has 0 aliphatic carbocycles. The van der Waals surface area contributed by atoms with E-state index in [4.69, 9.17) is 16.7 Å². The second-order valence-corrected chi connectivity index (χ2v) is 3.01. The van der Waals surface area contributed by atoms with Gasteiger partial charge in [0.05, 0.1) is 5.02 Å². The summed E-state index contributed by atoms with van der Waals surface area (Å²) in [6.45, 7) is 1.25. The molecule has 0 saturated carbocycles. The topological polar surface area (TPSA) is 50.2 Å². The molecule has 0 fully saturated rings. The molecule has 0 aromatic carbocycles. The highest BCUT2D eigenvalue weighted by atomic mass is 35.5. The maximum Gasteiger partial charge on any atom is 0.354 e. The Labute approximate surface area is 83.3 Å². The molecule has 6 heteroatoms. The number of carboxylic acids is 1. The molecule has 3 nitrogen and oxygen atoms in total. The normalized spacial score (nSPS) is 10.6. The Kier molecular flexibility index (Phi) is 3.00. The molecule has 0 aliphatic heterocycles. The zero-order chi connectivity index (χ0) is 10.9. The molecule has 0 unspecified atom stereocenters. The molecule has 1 heterocycles. The summed E-state index contributed by atoms with van der Waals surface area (Å²) in [5, 5.41) is 8.39. The fourth-order valence-electron chi connectivity index (χ4n) is 1.08. The lowest BCUT2D eigenvalue weighted by Crippen LogP contribution is -2.06. The van der Waals surface area contributed by atoms with Crippen LogP contribution in [0, 0.1) is 6.92 Å². The van der Waals surface area contributed by atoms with Crippen LogP contribution in [0.1, 0.15) is 28.0 Å². The minimum absolute atomic E-state index is 0.0972. The Morgan fingerprint density at radius 2 is 2.21 bits per heavy atom. The summed E-state index contributed by atoms with van der Waals surface area (Å²) in [5.41, 5.74) is -0.969. The summed E-state index contributed by atoms with van der Waals surface area (Å²) in [4.78, 5) is 14.0. The van der Waals surface area contributed by atoms with Crippen molar-refractivity contribution in [1.82, 2.24) is 4.98 Å². The average Bonchev–Trinajstić information content (AvgIpc) is 2.02. The van der Waals surface area contributed by atoms with Crippen molar-refractivity contribution >= 4 is 17.6 Å². The molecule has 0 bridgehead atoms. The second kappa shape index (κ2) is 3.88. The third kappa shape index (κ3) is 1.82. The fraction of sp³-hybridized carbons (Fsp3) is 0.250. The van der Waals surface area contributed by atoms with Gasteiger partial charge in [-0.05, 0) is 12.5 Å². The first kappa shape index (κ1) is 10.8. The smallest absolute Gasteiger partial charge is 0.354 e. The Bertz CT molecular complexity index is 382. The van der Waals surface area contributed by atoms with Gasteiger partial charge in [0.1, 0.15) is 0 Å². The van der Waals surface area contributed by atoms with E-state index in [1.165, 1.54) is 6.92 Å². The van der Waals surface area contributed by atoms with Crippen molar-refractivity contribution in [2.45, 2.75) is 13.3 Å². The van der Waals surface area contributed by atoms with Crippen molar-refractivity contribution in [3.63, 3.8) is 0 Å². The SMILES string of the molecule is Cc1c(C(=O)O)ncc(Cl)c1C(F)F. The van der Waals surface area contributed by atoms with Gasteiger partial charge in [-0.3, -0.25) is 0 Å². The van der Waals surface area contributed by atoms with Gasteiger partial charge in [-0.1, -0.05) is 11.6 Å². The van der Waals surface area contributed by atoms with Gasteiger partial charge in [-0.15, -0.1) is 0 Å². The van der Waals surface area contributed by atoms with E-state index in [9.17, 15) is 13.6 Å². The minimum atomic E-state index is -2.80. The van der Waals surface area contributed by atoms with Gasteiger partial charge in [0.2, 0.25) is 0 Å². The molecule has 0 amide bonds. The van der Waals surface area contributed by atoms with Gasteiger partial charge in [-0.25, -0.2) is 18.6 Å². The van der Waals surface area contributed by atoms with E-state index in [0.717, 1.165) is 6.20 Å². The summed E-state index contributed by atoms with van der Waals surface area (Å²) in [7, 11) is 0. The maximum absolute atomic E-state index is 12.4. The highest BCUT2D eigenvalue weighted by Gasteiger charge is 2.21. The number of aromatic nitrogens is 1. The molecule has 1 N–H and O–H groups in total. The highest BCUT2D eigenvalue weighted by Crippen LogP contribution is 2.30. The summed E-state index contributed by atoms with van der Waals surface area (Å²) < 4.78 is 24.9. The number of halogens is 3. The van der Waals surface area contributed by atoms with Crippen LogP contribution in [0.3, 0.4) is 0 Å². The maximum atomic E-state index is 12.4. The van der Waals surface area contributed by atoms with Crippen molar-refractivity contribution in [2.75, 3.05) is 0 Å². The average molecular weight is 222 g/mol. The van der Waals surface area contributed by atoms with Crippen LogP contribution in [0.4, 0.5) is 8.78 Å². The lowest BCUT2D eigenvalue weighted by molar-refractivity contribution is 0.0689. The van der Waals surface area contributed by atoms with Crippen molar-refractivity contribution in [3.8, 4) is 0 Å². The summed E-state index contributed by atoms with van der Waals surface area (Å²) in [6, 6.07) is 0. The van der Waals surface area contributed by atoms with Crippen LogP contribution in [0.25, 0.3) is 0 Å². The van der Waals surface area contributed by atoms with Crippen LogP contribution in [0.15, 0.2) is 6.20 Å². The lowest BCUT2D eigenvalue weighted by atomic mass is 10.1. The van der Waals surface area contributed by atoms with E-state index in [2.05, 4.69) is 4.98 Å². The molecule has 1 rings (SSSR count). The standard InChI is InChI=1S/C8H6ClF2NO2/c1-3-5(7(10)11)4(9)2-12-6(3)8(13)14/h2,7H,1H3,(H,13,14). The number of hydrogen-bond acceptors (Lipinski definition) is 2. The zero-order valence-corrected chi connectivity index (χ0v) is 7.85. The molecule has 0 aliphatic rings. The van der Waals surface area contributed by atoms with Gasteiger partial charge in [0, 0.05) is 11.8 Å². The van der Waals surface area contributed by atoms with Crippen LogP contribution >= 0.6 is 11.6 Å². The van der Waals surface area contributed by atoms with Gasteiger partial charge in [0.25, 0.3) is 6.43 Å². The fourth-order valence-corrected chi connectivity index (χ4v) is 1.35. The first-order chi connectivity index (χ1) is 6.45. The van der Waals surface area contributed by atoms with Crippen LogP contribution in [-0.2, 0) is 0 Å². The van der Waals surface area contributed by atoms with E-state index in [1.807, 2.05) is 0 Å². The van der Waals surface area contributed by atoms with Crippen molar-refractivity contribution in [3.05, 3.63) is 28.0 Å². The molecule has 0 atom stereocenters. The third-order valence-corrected chi connectivity index (χ3v) is 2.05. The van der Waals surface area contributed by atoms with Gasteiger partial charge in [-0.2, -0.15) is 0 Å². The predicted molar refractivity (Wildman–Crippen MR) is 45.9 cm³/mol. The first-order valence-electron chi connectivity index (χ1n) is 3.61. The van der Waals surface area contributed by atoms with E-state index in [1.54, 1.807) is 0 Å². The number of nitrogens with zero attached hydrogens (tertiary/aromatic N) is 1. The lowest BCUT2D eigenvalue weighted by Gasteiger charge is -2.08. The van der Waals surface area contributed by atoms with E-state index in [0.29, 0.717) is 0 Å². The molecule has 1 aromatic heterocycles. The third-order valence-electron chi connectivity index (χ3n) is 1.74. The van der Waals surface area contributed by atoms with Gasteiger partial charge >= 0.3 is 5.97 Å². The number of pyridine rings is 1. The molecule has 0 saturated heterocycles. The largest absolute Gasteiger partial charge is 0.477 e. The number of aromatic carboxylic acids is 1. The number of hydrogen-bond donors (Lipinski definition) is 1. The number of alkyl halides is 2. The van der Waals surface area contributed by atoms with E-state index in [-0.39, 0.29) is 10.6 Å². The number of rotatable bonds is 2. The molecule has 1 aromatic rings. The van der Waals surface area contributed by atoms with E-state index >= 15 is 0 Å². The Morgan fingerprint density at radius 1 is 1.64 bits per heavy atom. The summed E-state index contributed by atoms with van der Waals surface area (Å²) in [6.07, 6.45) is -1.89. The van der Waals surface area contributed by atoms with Crippen LogP contribution in [0.2, 0.25) is 5.02 Å². The highest BCUT2D eigenvalue weighted by molar-refractivity contribution is 6.31. The zero-order valence-electron chi connectivity index (χ0n) is 7.09. The quantitative estimate of drug-likeness (QED) is 0.835. The molecule has 0 spiro atoms. The summed E-state index contributed by atoms with van der Waals surface area (Å²) in [5.74, 6) is -1.35. The predicted octanol–water partition coefficient (Wildman–Crippen LogP) is 2.68. The molecular formula is C8H6ClF2NO2. The molecular weight excluding hydrogens is 216 g/mol.